The Morgan fingerprint density at radius 2 is 2.00 bits per heavy atom. The molecule has 0 radical (unpaired) electrons. The first-order valence-corrected chi connectivity index (χ1v) is 10.1. The summed E-state index contributed by atoms with van der Waals surface area (Å²) in [6.07, 6.45) is 5.87. The molecule has 0 saturated carbocycles. The molecule has 1 spiro atoms. The maximum absolute atomic E-state index is 4.50. The minimum absolute atomic E-state index is 0.489. The maximum Gasteiger partial charge on any atom is 0.185 e. The number of nitrogens with zero attached hydrogens (tertiary/aromatic N) is 3. The Morgan fingerprint density at radius 3 is 2.67 bits per heavy atom. The molecular formula is C20H27N3S. The summed E-state index contributed by atoms with van der Waals surface area (Å²) < 4.78 is 0. The monoisotopic (exact) mass is 341 g/mol. The van der Waals surface area contributed by atoms with E-state index in [1.165, 1.54) is 49.6 Å². The Labute approximate surface area is 149 Å². The molecule has 0 unspecified atom stereocenters. The van der Waals surface area contributed by atoms with E-state index in [2.05, 4.69) is 57.4 Å². The van der Waals surface area contributed by atoms with Gasteiger partial charge in [-0.15, -0.1) is 11.3 Å². The lowest BCUT2D eigenvalue weighted by Gasteiger charge is -2.50. The Bertz CT molecular complexity index is 632. The lowest BCUT2D eigenvalue weighted by atomic mass is 9.68. The van der Waals surface area contributed by atoms with Crippen LogP contribution in [0.2, 0.25) is 0 Å². The second kappa shape index (κ2) is 6.85. The standard InChI is InChI=1S/C20H27N3S/c1-2-22-15-18(17-6-4-3-5-7-17)14-20(16-22)8-11-23(12-9-20)19-21-10-13-24-19/h3-7,10,13,18H,2,8-9,11-12,14-16H2,1H3/t18-/m1/s1. The molecule has 2 fully saturated rings. The molecule has 1 aromatic heterocycles. The van der Waals surface area contributed by atoms with E-state index >= 15 is 0 Å². The fourth-order valence-electron chi connectivity index (χ4n) is 4.60. The maximum atomic E-state index is 4.50. The van der Waals surface area contributed by atoms with Gasteiger partial charge in [-0.3, -0.25) is 0 Å². The van der Waals surface area contributed by atoms with Gasteiger partial charge in [-0.2, -0.15) is 0 Å². The van der Waals surface area contributed by atoms with E-state index in [1.54, 1.807) is 11.3 Å². The fraction of sp³-hybridized carbons (Fsp3) is 0.550. The van der Waals surface area contributed by atoms with E-state index in [4.69, 9.17) is 0 Å². The predicted octanol–water partition coefficient (Wildman–Crippen LogP) is 4.24. The van der Waals surface area contributed by atoms with Crippen molar-refractivity contribution in [3.8, 4) is 0 Å². The topological polar surface area (TPSA) is 19.4 Å². The Morgan fingerprint density at radius 1 is 1.21 bits per heavy atom. The molecule has 2 aliphatic rings. The number of benzene rings is 1. The van der Waals surface area contributed by atoms with Crippen molar-refractivity contribution in [1.29, 1.82) is 0 Å². The lowest BCUT2D eigenvalue weighted by Crippen LogP contribution is -2.51. The van der Waals surface area contributed by atoms with Crippen molar-refractivity contribution in [2.45, 2.75) is 32.1 Å². The number of piperidine rings is 2. The zero-order valence-electron chi connectivity index (χ0n) is 14.5. The second-order valence-electron chi connectivity index (χ2n) is 7.44. The normalized spacial score (nSPS) is 24.4. The van der Waals surface area contributed by atoms with Gasteiger partial charge in [0.25, 0.3) is 0 Å². The number of aromatic nitrogens is 1. The van der Waals surface area contributed by atoms with Crippen molar-refractivity contribution < 1.29 is 0 Å². The van der Waals surface area contributed by atoms with E-state index in [-0.39, 0.29) is 0 Å². The first kappa shape index (κ1) is 16.1. The van der Waals surface area contributed by atoms with Crippen LogP contribution in [0.25, 0.3) is 0 Å². The van der Waals surface area contributed by atoms with Crippen molar-refractivity contribution in [2.75, 3.05) is 37.6 Å². The third-order valence-corrected chi connectivity index (χ3v) is 6.78. The molecule has 0 amide bonds. The van der Waals surface area contributed by atoms with E-state index in [1.807, 2.05) is 6.20 Å². The van der Waals surface area contributed by atoms with Gasteiger partial charge in [0.1, 0.15) is 0 Å². The molecule has 24 heavy (non-hydrogen) atoms. The summed E-state index contributed by atoms with van der Waals surface area (Å²) in [5, 5.41) is 3.29. The summed E-state index contributed by atoms with van der Waals surface area (Å²) >= 11 is 1.77. The van der Waals surface area contributed by atoms with Crippen LogP contribution >= 0.6 is 11.3 Å². The van der Waals surface area contributed by atoms with Crippen LogP contribution in [0, 0.1) is 5.41 Å². The zero-order valence-corrected chi connectivity index (χ0v) is 15.3. The minimum Gasteiger partial charge on any atom is -0.348 e. The summed E-state index contributed by atoms with van der Waals surface area (Å²) in [5.74, 6) is 0.686. The van der Waals surface area contributed by atoms with Crippen molar-refractivity contribution >= 4 is 16.5 Å². The highest BCUT2D eigenvalue weighted by Gasteiger charge is 2.42. The number of hydrogen-bond donors (Lipinski definition) is 0. The number of hydrogen-bond acceptors (Lipinski definition) is 4. The van der Waals surface area contributed by atoms with E-state index < -0.39 is 0 Å². The molecule has 4 rings (SSSR count). The number of thiazole rings is 1. The largest absolute Gasteiger partial charge is 0.348 e. The summed E-state index contributed by atoms with van der Waals surface area (Å²) in [6.45, 7) is 8.29. The Balaban J connectivity index is 1.50. The third kappa shape index (κ3) is 3.22. The van der Waals surface area contributed by atoms with E-state index in [0.717, 1.165) is 13.1 Å². The summed E-state index contributed by atoms with van der Waals surface area (Å²) in [4.78, 5) is 9.67. The van der Waals surface area contributed by atoms with Crippen LogP contribution in [0.4, 0.5) is 5.13 Å². The van der Waals surface area contributed by atoms with Crippen molar-refractivity contribution in [1.82, 2.24) is 9.88 Å². The van der Waals surface area contributed by atoms with Crippen LogP contribution in [-0.4, -0.2) is 42.6 Å². The smallest absolute Gasteiger partial charge is 0.185 e. The van der Waals surface area contributed by atoms with Gasteiger partial charge < -0.3 is 9.80 Å². The summed E-state index contributed by atoms with van der Waals surface area (Å²) in [6, 6.07) is 11.2. The second-order valence-corrected chi connectivity index (χ2v) is 8.31. The van der Waals surface area contributed by atoms with Gasteiger partial charge in [-0.25, -0.2) is 4.98 Å². The van der Waals surface area contributed by atoms with Gasteiger partial charge >= 0.3 is 0 Å². The SMILES string of the molecule is CCN1C[C@H](c2ccccc2)CC2(CCN(c3nccs3)CC2)C1. The van der Waals surface area contributed by atoms with Crippen LogP contribution in [0.15, 0.2) is 41.9 Å². The van der Waals surface area contributed by atoms with Crippen LogP contribution in [0.5, 0.6) is 0 Å². The van der Waals surface area contributed by atoms with Crippen LogP contribution < -0.4 is 4.90 Å². The molecular weight excluding hydrogens is 314 g/mol. The molecule has 0 bridgehead atoms. The van der Waals surface area contributed by atoms with Crippen molar-refractivity contribution in [3.63, 3.8) is 0 Å². The van der Waals surface area contributed by atoms with Gasteiger partial charge in [0, 0.05) is 37.8 Å². The molecule has 2 aliphatic heterocycles. The third-order valence-electron chi connectivity index (χ3n) is 5.95. The number of likely N-dealkylation sites (N-methyl/N-ethyl adjacent to an activating group) is 1. The number of rotatable bonds is 3. The summed E-state index contributed by atoms with van der Waals surface area (Å²) in [7, 11) is 0. The van der Waals surface area contributed by atoms with Gasteiger partial charge in [-0.1, -0.05) is 37.3 Å². The van der Waals surface area contributed by atoms with Crippen LogP contribution in [0.3, 0.4) is 0 Å². The highest BCUT2D eigenvalue weighted by Crippen LogP contribution is 2.45. The van der Waals surface area contributed by atoms with Crippen LogP contribution in [0.1, 0.15) is 37.7 Å². The fourth-order valence-corrected chi connectivity index (χ4v) is 5.30. The number of likely N-dealkylation sites (tertiary alicyclic amines) is 1. The Kier molecular flexibility index (Phi) is 4.59. The first-order valence-electron chi connectivity index (χ1n) is 9.20. The molecule has 2 aromatic rings. The average Bonchev–Trinajstić information content (AvgIpc) is 3.17. The average molecular weight is 342 g/mol. The predicted molar refractivity (Wildman–Crippen MR) is 102 cm³/mol. The molecule has 0 aliphatic carbocycles. The molecule has 1 aromatic carbocycles. The zero-order chi connectivity index (χ0) is 16.4. The van der Waals surface area contributed by atoms with Gasteiger partial charge in [0.2, 0.25) is 0 Å². The Hall–Kier alpha value is -1.39. The molecule has 4 heteroatoms. The highest BCUT2D eigenvalue weighted by molar-refractivity contribution is 7.13. The molecule has 0 N–H and O–H groups in total. The van der Waals surface area contributed by atoms with Gasteiger partial charge in [0.15, 0.2) is 5.13 Å². The van der Waals surface area contributed by atoms with Gasteiger partial charge in [0.05, 0.1) is 0 Å². The van der Waals surface area contributed by atoms with E-state index in [0.29, 0.717) is 11.3 Å². The van der Waals surface area contributed by atoms with E-state index in [9.17, 15) is 0 Å². The molecule has 3 heterocycles. The minimum atomic E-state index is 0.489. The highest BCUT2D eigenvalue weighted by atomic mass is 32.1. The molecule has 128 valence electrons. The lowest BCUT2D eigenvalue weighted by molar-refractivity contribution is 0.0544. The first-order chi connectivity index (χ1) is 11.8. The molecule has 3 nitrogen and oxygen atoms in total. The van der Waals surface area contributed by atoms with Crippen molar-refractivity contribution in [3.05, 3.63) is 47.5 Å². The molecule has 2 saturated heterocycles. The van der Waals surface area contributed by atoms with Gasteiger partial charge in [-0.05, 0) is 42.7 Å². The van der Waals surface area contributed by atoms with Crippen molar-refractivity contribution in [2.24, 2.45) is 5.41 Å². The molecule has 1 atom stereocenters. The number of anilines is 1. The summed E-state index contributed by atoms with van der Waals surface area (Å²) in [5.41, 5.74) is 2.01. The quantitative estimate of drug-likeness (QED) is 0.832. The van der Waals surface area contributed by atoms with Crippen LogP contribution in [-0.2, 0) is 0 Å².